The third-order valence-electron chi connectivity index (χ3n) is 4.16. The minimum absolute atomic E-state index is 0.0130. The molecule has 6 heteroatoms. The van der Waals surface area contributed by atoms with Crippen LogP contribution in [0.5, 0.6) is 0 Å². The van der Waals surface area contributed by atoms with E-state index in [0.717, 1.165) is 29.8 Å². The van der Waals surface area contributed by atoms with Crippen molar-refractivity contribution in [2.24, 2.45) is 0 Å². The highest BCUT2D eigenvalue weighted by molar-refractivity contribution is 5.96. The molecule has 2 aromatic rings. The van der Waals surface area contributed by atoms with Crippen LogP contribution in [0, 0.1) is 0 Å². The maximum absolute atomic E-state index is 12.4. The first kappa shape index (κ1) is 15.4. The lowest BCUT2D eigenvalue weighted by Crippen LogP contribution is -2.41. The van der Waals surface area contributed by atoms with Gasteiger partial charge in [0.15, 0.2) is 0 Å². The van der Waals surface area contributed by atoms with Crippen molar-refractivity contribution in [1.29, 1.82) is 0 Å². The summed E-state index contributed by atoms with van der Waals surface area (Å²) < 4.78 is 0. The Bertz CT molecular complexity index is 736. The molecule has 1 atom stereocenters. The summed E-state index contributed by atoms with van der Waals surface area (Å²) in [5.41, 5.74) is 2.51. The maximum Gasteiger partial charge on any atom is 0.264 e. The van der Waals surface area contributed by atoms with Gasteiger partial charge < -0.3 is 10.2 Å². The summed E-state index contributed by atoms with van der Waals surface area (Å²) in [5.74, 6) is 0.100. The molecule has 6 nitrogen and oxygen atoms in total. The zero-order valence-electron chi connectivity index (χ0n) is 13.1. The second-order valence-corrected chi connectivity index (χ2v) is 5.72. The number of hydrogen-bond acceptors (Lipinski definition) is 4. The maximum atomic E-state index is 12.4. The first-order valence-electron chi connectivity index (χ1n) is 7.81. The largest absolute Gasteiger partial charge is 0.337 e. The third kappa shape index (κ3) is 3.48. The highest BCUT2D eigenvalue weighted by atomic mass is 16.2. The summed E-state index contributed by atoms with van der Waals surface area (Å²) in [4.78, 5) is 25.3. The fourth-order valence-electron chi connectivity index (χ4n) is 2.80. The summed E-state index contributed by atoms with van der Waals surface area (Å²) in [6.07, 6.45) is 0.902. The molecule has 1 unspecified atom stereocenters. The SMILES string of the molecule is CC(NCCN1CCc2ccccc2C1=O)c1ccc(=O)[nH]n1. The van der Waals surface area contributed by atoms with Crippen molar-refractivity contribution in [1.82, 2.24) is 20.4 Å². The second kappa shape index (κ2) is 6.75. The van der Waals surface area contributed by atoms with Gasteiger partial charge in [-0.1, -0.05) is 18.2 Å². The zero-order valence-corrected chi connectivity index (χ0v) is 13.1. The van der Waals surface area contributed by atoms with E-state index in [1.54, 1.807) is 6.07 Å². The molecule has 1 aliphatic rings. The van der Waals surface area contributed by atoms with Crippen LogP contribution >= 0.6 is 0 Å². The Kier molecular flexibility index (Phi) is 4.52. The molecule has 1 aromatic heterocycles. The molecule has 0 saturated carbocycles. The Balaban J connectivity index is 1.54. The quantitative estimate of drug-likeness (QED) is 0.867. The van der Waals surface area contributed by atoms with Crippen molar-refractivity contribution in [3.8, 4) is 0 Å². The van der Waals surface area contributed by atoms with Crippen LogP contribution in [0.15, 0.2) is 41.2 Å². The van der Waals surface area contributed by atoms with Gasteiger partial charge in [0.1, 0.15) is 0 Å². The summed E-state index contributed by atoms with van der Waals surface area (Å²) in [6, 6.07) is 11.0. The molecule has 0 bridgehead atoms. The van der Waals surface area contributed by atoms with Crippen molar-refractivity contribution in [3.63, 3.8) is 0 Å². The molecule has 1 aliphatic heterocycles. The average molecular weight is 312 g/mol. The molecule has 1 aromatic carbocycles. The minimum Gasteiger partial charge on any atom is -0.337 e. The number of amides is 1. The van der Waals surface area contributed by atoms with Gasteiger partial charge in [-0.15, -0.1) is 0 Å². The number of aromatic nitrogens is 2. The number of carbonyl (C=O) groups is 1. The fraction of sp³-hybridized carbons (Fsp3) is 0.353. The molecular weight excluding hydrogens is 292 g/mol. The van der Waals surface area contributed by atoms with E-state index in [0.29, 0.717) is 13.1 Å². The average Bonchev–Trinajstić information content (AvgIpc) is 2.57. The Morgan fingerprint density at radius 1 is 1.26 bits per heavy atom. The van der Waals surface area contributed by atoms with Crippen LogP contribution in [-0.4, -0.2) is 40.6 Å². The molecule has 1 amide bonds. The van der Waals surface area contributed by atoms with E-state index in [2.05, 4.69) is 15.5 Å². The van der Waals surface area contributed by atoms with Crippen LogP contribution < -0.4 is 10.9 Å². The van der Waals surface area contributed by atoms with Gasteiger partial charge >= 0.3 is 0 Å². The molecule has 0 fully saturated rings. The van der Waals surface area contributed by atoms with Crippen LogP contribution in [-0.2, 0) is 6.42 Å². The van der Waals surface area contributed by atoms with E-state index in [4.69, 9.17) is 0 Å². The van der Waals surface area contributed by atoms with Gasteiger partial charge in [0.25, 0.3) is 11.5 Å². The van der Waals surface area contributed by atoms with Crippen molar-refractivity contribution < 1.29 is 4.79 Å². The molecule has 2 N–H and O–H groups in total. The lowest BCUT2D eigenvalue weighted by atomic mass is 9.99. The fourth-order valence-corrected chi connectivity index (χ4v) is 2.80. The van der Waals surface area contributed by atoms with Crippen LogP contribution in [0.2, 0.25) is 0 Å². The van der Waals surface area contributed by atoms with Crippen LogP contribution in [0.4, 0.5) is 0 Å². The first-order valence-corrected chi connectivity index (χ1v) is 7.81. The number of aromatic amines is 1. The smallest absolute Gasteiger partial charge is 0.264 e. The standard InChI is InChI=1S/C17H20N4O2/c1-12(15-6-7-16(22)20-19-15)18-9-11-21-10-8-13-4-2-3-5-14(13)17(21)23/h2-7,12,18H,8-11H2,1H3,(H,20,22). The van der Waals surface area contributed by atoms with Crippen LogP contribution in [0.1, 0.15) is 34.6 Å². The summed E-state index contributed by atoms with van der Waals surface area (Å²) >= 11 is 0. The van der Waals surface area contributed by atoms with E-state index in [9.17, 15) is 9.59 Å². The van der Waals surface area contributed by atoms with Crippen molar-refractivity contribution in [2.75, 3.05) is 19.6 Å². The summed E-state index contributed by atoms with van der Waals surface area (Å²) in [6.45, 7) is 4.06. The molecule has 0 spiro atoms. The number of rotatable bonds is 5. The Hall–Kier alpha value is -2.47. The molecule has 0 aliphatic carbocycles. The molecule has 2 heterocycles. The number of hydrogen-bond donors (Lipinski definition) is 2. The lowest BCUT2D eigenvalue weighted by Gasteiger charge is -2.29. The van der Waals surface area contributed by atoms with Crippen molar-refractivity contribution in [3.05, 3.63) is 63.6 Å². The first-order chi connectivity index (χ1) is 11.1. The van der Waals surface area contributed by atoms with Gasteiger partial charge in [-0.05, 0) is 31.0 Å². The van der Waals surface area contributed by atoms with Crippen LogP contribution in [0.3, 0.4) is 0 Å². The molecule has 120 valence electrons. The van der Waals surface area contributed by atoms with Crippen molar-refractivity contribution in [2.45, 2.75) is 19.4 Å². The Morgan fingerprint density at radius 2 is 2.09 bits per heavy atom. The third-order valence-corrected chi connectivity index (χ3v) is 4.16. The molecule has 0 radical (unpaired) electrons. The highest BCUT2D eigenvalue weighted by Gasteiger charge is 2.23. The zero-order chi connectivity index (χ0) is 16.2. The van der Waals surface area contributed by atoms with E-state index in [1.807, 2.05) is 36.1 Å². The van der Waals surface area contributed by atoms with E-state index < -0.39 is 0 Å². The van der Waals surface area contributed by atoms with E-state index in [1.165, 1.54) is 6.07 Å². The summed E-state index contributed by atoms with van der Waals surface area (Å²) in [5, 5.41) is 9.77. The number of nitrogens with one attached hydrogen (secondary N) is 2. The Morgan fingerprint density at radius 3 is 2.87 bits per heavy atom. The van der Waals surface area contributed by atoms with Gasteiger partial charge in [-0.25, -0.2) is 5.10 Å². The number of H-pyrrole nitrogens is 1. The lowest BCUT2D eigenvalue weighted by molar-refractivity contribution is 0.0740. The number of benzene rings is 1. The second-order valence-electron chi connectivity index (χ2n) is 5.72. The van der Waals surface area contributed by atoms with Gasteiger partial charge in [0.05, 0.1) is 5.69 Å². The van der Waals surface area contributed by atoms with Gasteiger partial charge in [-0.3, -0.25) is 9.59 Å². The number of fused-ring (bicyclic) bond motifs is 1. The van der Waals surface area contributed by atoms with Crippen LogP contribution in [0.25, 0.3) is 0 Å². The number of nitrogens with zero attached hydrogens (tertiary/aromatic N) is 2. The Labute approximate surface area is 134 Å². The molecule has 3 rings (SSSR count). The predicted molar refractivity (Wildman–Crippen MR) is 87.3 cm³/mol. The van der Waals surface area contributed by atoms with Gasteiger partial charge in [-0.2, -0.15) is 5.10 Å². The topological polar surface area (TPSA) is 78.1 Å². The van der Waals surface area contributed by atoms with E-state index in [-0.39, 0.29) is 17.5 Å². The van der Waals surface area contributed by atoms with E-state index >= 15 is 0 Å². The molecular formula is C17H20N4O2. The normalized spacial score (nSPS) is 15.3. The predicted octanol–water partition coefficient (Wildman–Crippen LogP) is 1.12. The molecule has 23 heavy (non-hydrogen) atoms. The minimum atomic E-state index is -0.210. The van der Waals surface area contributed by atoms with Crippen molar-refractivity contribution >= 4 is 5.91 Å². The monoisotopic (exact) mass is 312 g/mol. The van der Waals surface area contributed by atoms with Gasteiger partial charge in [0, 0.05) is 37.3 Å². The molecule has 0 saturated heterocycles. The highest BCUT2D eigenvalue weighted by Crippen LogP contribution is 2.18. The van der Waals surface area contributed by atoms with Gasteiger partial charge in [0.2, 0.25) is 0 Å². The number of carbonyl (C=O) groups excluding carboxylic acids is 1. The summed E-state index contributed by atoms with van der Waals surface area (Å²) in [7, 11) is 0.